The number of isocyanates is 1. The van der Waals surface area contributed by atoms with Gasteiger partial charge in [0.15, 0.2) is 0 Å². The van der Waals surface area contributed by atoms with E-state index in [2.05, 4.69) is 15.6 Å². The highest BCUT2D eigenvalue weighted by molar-refractivity contribution is 6.18. The summed E-state index contributed by atoms with van der Waals surface area (Å²) in [5.41, 5.74) is 4.86. The van der Waals surface area contributed by atoms with Crippen molar-refractivity contribution >= 4 is 47.5 Å². The number of hydrogen-bond acceptors (Lipinski definition) is 8. The van der Waals surface area contributed by atoms with Gasteiger partial charge in [0.05, 0.1) is 6.54 Å². The minimum atomic E-state index is -0.479. The highest BCUT2D eigenvalue weighted by Crippen LogP contribution is 2.16. The zero-order chi connectivity index (χ0) is 30.8. The summed E-state index contributed by atoms with van der Waals surface area (Å²) in [6.45, 7) is 14.6. The topological polar surface area (TPSA) is 156 Å². The van der Waals surface area contributed by atoms with E-state index in [9.17, 15) is 19.2 Å². The maximum absolute atomic E-state index is 11.9. The highest BCUT2D eigenvalue weighted by atomic mass is 35.5. The molecule has 4 N–H and O–H groups in total. The van der Waals surface area contributed by atoms with E-state index >= 15 is 0 Å². The first-order chi connectivity index (χ1) is 18.6. The Balaban J connectivity index is 0.000000657. The van der Waals surface area contributed by atoms with Crippen LogP contribution in [-0.4, -0.2) is 108 Å². The van der Waals surface area contributed by atoms with E-state index in [1.165, 1.54) is 6.08 Å². The fraction of sp³-hybridized carbons (Fsp3) is 0.846. The van der Waals surface area contributed by atoms with Crippen LogP contribution < -0.4 is 16.4 Å². The van der Waals surface area contributed by atoms with E-state index in [4.69, 9.17) is 38.4 Å². The maximum atomic E-state index is 11.9. The molecule has 232 valence electrons. The Morgan fingerprint density at radius 1 is 0.875 bits per heavy atom. The molecule has 14 heteroatoms. The average Bonchev–Trinajstić information content (AvgIpc) is 2.86. The number of carbonyl (C=O) groups is 3. The van der Waals surface area contributed by atoms with E-state index < -0.39 is 11.2 Å². The number of rotatable bonds is 5. The molecule has 0 radical (unpaired) electrons. The first-order valence-corrected chi connectivity index (χ1v) is 14.6. The number of alkyl halides is 2. The third-order valence-electron chi connectivity index (χ3n) is 5.31. The summed E-state index contributed by atoms with van der Waals surface area (Å²) >= 11 is 10.6. The molecule has 2 fully saturated rings. The minimum absolute atomic E-state index is 0.0870. The monoisotopic (exact) mass is 610 g/mol. The molecule has 40 heavy (non-hydrogen) atoms. The first-order valence-electron chi connectivity index (χ1n) is 13.5. The third-order valence-corrected chi connectivity index (χ3v) is 5.67. The number of amides is 4. The van der Waals surface area contributed by atoms with Crippen LogP contribution in [0.4, 0.5) is 14.4 Å². The van der Waals surface area contributed by atoms with E-state index in [0.717, 1.165) is 38.8 Å². The molecule has 12 nitrogen and oxygen atoms in total. The Kier molecular flexibility index (Phi) is 18.6. The normalized spacial score (nSPS) is 16.2. The lowest BCUT2D eigenvalue weighted by atomic mass is 10.1. The van der Waals surface area contributed by atoms with Crippen LogP contribution in [0.5, 0.6) is 0 Å². The van der Waals surface area contributed by atoms with Crippen molar-refractivity contribution in [1.29, 1.82) is 0 Å². The molecule has 0 aromatic heterocycles. The zero-order valence-electron chi connectivity index (χ0n) is 24.8. The van der Waals surface area contributed by atoms with Gasteiger partial charge in [-0.2, -0.15) is 0 Å². The summed E-state index contributed by atoms with van der Waals surface area (Å²) in [6.07, 6.45) is 4.06. The molecule has 0 atom stereocenters. The second kappa shape index (κ2) is 19.7. The second-order valence-corrected chi connectivity index (χ2v) is 12.1. The molecule has 2 heterocycles. The molecular formula is C26H48Cl2N6O6. The second-order valence-electron chi connectivity index (χ2n) is 11.3. The fourth-order valence-corrected chi connectivity index (χ4v) is 3.61. The van der Waals surface area contributed by atoms with Crippen LogP contribution >= 0.6 is 23.2 Å². The van der Waals surface area contributed by atoms with Crippen molar-refractivity contribution in [3.8, 4) is 0 Å². The molecule has 2 aliphatic heterocycles. The van der Waals surface area contributed by atoms with E-state index in [1.54, 1.807) is 9.80 Å². The average molecular weight is 612 g/mol. The largest absolute Gasteiger partial charge is 0.444 e. The van der Waals surface area contributed by atoms with Crippen molar-refractivity contribution in [2.75, 3.05) is 51.0 Å². The number of carbonyl (C=O) groups excluding carboxylic acids is 4. The Morgan fingerprint density at radius 2 is 1.32 bits per heavy atom. The standard InChI is InChI=1S/C13H24ClN3O3.C10H20N2O2.C3H4ClNO/c1-13(2,3)20-12(19)17-8-4-10(5-9-17)16-11(18)15-7-6-14;1-10(2,3)14-9(13)12-6-4-8(11)5-7-12;4-1-2-5-3-6/h10H,4-9H2,1-3H3,(H2,15,16,18);8H,4-7,11H2,1-3H3;1-2H2. The molecule has 0 saturated carbocycles. The molecule has 2 rings (SSSR count). The highest BCUT2D eigenvalue weighted by Gasteiger charge is 2.27. The van der Waals surface area contributed by atoms with Gasteiger partial charge >= 0.3 is 18.2 Å². The number of urea groups is 1. The Hall–Kier alpha value is -2.27. The van der Waals surface area contributed by atoms with Gasteiger partial charge in [-0.25, -0.2) is 24.2 Å². The molecule has 0 aliphatic carbocycles. The quantitative estimate of drug-likeness (QED) is 0.242. The number of aliphatic imine (C=N–C) groups is 1. The van der Waals surface area contributed by atoms with Gasteiger partial charge in [0.1, 0.15) is 11.2 Å². The van der Waals surface area contributed by atoms with Crippen LogP contribution in [0.1, 0.15) is 67.2 Å². The van der Waals surface area contributed by atoms with Crippen LogP contribution in [0.25, 0.3) is 0 Å². The minimum Gasteiger partial charge on any atom is -0.444 e. The predicted molar refractivity (Wildman–Crippen MR) is 157 cm³/mol. The molecular weight excluding hydrogens is 563 g/mol. The van der Waals surface area contributed by atoms with Gasteiger partial charge in [0.2, 0.25) is 6.08 Å². The van der Waals surface area contributed by atoms with E-state index in [1.807, 2.05) is 41.5 Å². The van der Waals surface area contributed by atoms with Crippen LogP contribution in [0.15, 0.2) is 4.99 Å². The predicted octanol–water partition coefficient (Wildman–Crippen LogP) is 3.83. The van der Waals surface area contributed by atoms with Crippen LogP contribution in [-0.2, 0) is 14.3 Å². The van der Waals surface area contributed by atoms with Crippen LogP contribution in [0.3, 0.4) is 0 Å². The molecule has 0 spiro atoms. The maximum Gasteiger partial charge on any atom is 0.410 e. The lowest BCUT2D eigenvalue weighted by Gasteiger charge is -2.33. The Bertz CT molecular complexity index is 798. The summed E-state index contributed by atoms with van der Waals surface area (Å²) in [5.74, 6) is 0.791. The lowest BCUT2D eigenvalue weighted by Crippen LogP contribution is -2.50. The summed E-state index contributed by atoms with van der Waals surface area (Å²) in [6, 6.07) is 0.124. The number of nitrogens with zero attached hydrogens (tertiary/aromatic N) is 3. The van der Waals surface area contributed by atoms with Gasteiger partial charge < -0.3 is 35.6 Å². The lowest BCUT2D eigenvalue weighted by molar-refractivity contribution is 0.0193. The van der Waals surface area contributed by atoms with Gasteiger partial charge in [-0.15, -0.1) is 23.2 Å². The first kappa shape index (κ1) is 37.7. The SMILES string of the molecule is CC(C)(C)OC(=O)N1CCC(N)CC1.CC(C)(C)OC(=O)N1CCC(NC(=O)NCCCl)CC1.O=C=NCCCl. The number of halogens is 2. The van der Waals surface area contributed by atoms with Crippen molar-refractivity contribution in [3.05, 3.63) is 0 Å². The number of likely N-dealkylation sites (tertiary alicyclic amines) is 2. The van der Waals surface area contributed by atoms with E-state index in [0.29, 0.717) is 37.9 Å². The number of nitrogens with one attached hydrogen (secondary N) is 2. The summed E-state index contributed by atoms with van der Waals surface area (Å²) in [4.78, 5) is 50.7. The van der Waals surface area contributed by atoms with Crippen molar-refractivity contribution < 1.29 is 28.7 Å². The van der Waals surface area contributed by atoms with E-state index in [-0.39, 0.29) is 30.3 Å². The summed E-state index contributed by atoms with van der Waals surface area (Å²) < 4.78 is 10.6. The third kappa shape index (κ3) is 19.7. The molecule has 0 aromatic rings. The number of nitrogens with two attached hydrogens (primary N) is 1. The number of piperidine rings is 2. The molecule has 0 aromatic carbocycles. The fourth-order valence-electron chi connectivity index (χ4n) is 3.43. The van der Waals surface area contributed by atoms with Gasteiger partial charge in [-0.05, 0) is 67.2 Å². The Labute approximate surface area is 248 Å². The van der Waals surface area contributed by atoms with Crippen molar-refractivity contribution in [3.63, 3.8) is 0 Å². The van der Waals surface area contributed by atoms with Crippen molar-refractivity contribution in [2.45, 2.75) is 90.5 Å². The van der Waals surface area contributed by atoms with Gasteiger partial charge in [0, 0.05) is 56.6 Å². The Morgan fingerprint density at radius 3 is 1.68 bits per heavy atom. The molecule has 4 amide bonds. The number of ether oxygens (including phenoxy) is 2. The smallest absolute Gasteiger partial charge is 0.410 e. The van der Waals surface area contributed by atoms with Gasteiger partial charge in [-0.3, -0.25) is 0 Å². The van der Waals surface area contributed by atoms with Crippen molar-refractivity contribution in [1.82, 2.24) is 20.4 Å². The zero-order valence-corrected chi connectivity index (χ0v) is 26.3. The van der Waals surface area contributed by atoms with Crippen LogP contribution in [0, 0.1) is 0 Å². The van der Waals surface area contributed by atoms with Crippen LogP contribution in [0.2, 0.25) is 0 Å². The number of hydrogen-bond donors (Lipinski definition) is 3. The van der Waals surface area contributed by atoms with Gasteiger partial charge in [-0.1, -0.05) is 0 Å². The molecule has 0 unspecified atom stereocenters. The molecule has 2 aliphatic rings. The van der Waals surface area contributed by atoms with Gasteiger partial charge in [0.25, 0.3) is 0 Å². The molecule has 2 saturated heterocycles. The van der Waals surface area contributed by atoms with Crippen molar-refractivity contribution in [2.24, 2.45) is 10.7 Å². The summed E-state index contributed by atoms with van der Waals surface area (Å²) in [7, 11) is 0. The summed E-state index contributed by atoms with van der Waals surface area (Å²) in [5, 5.41) is 5.53. The molecule has 0 bridgehead atoms.